The van der Waals surface area contributed by atoms with Crippen LogP contribution in [0.25, 0.3) is 0 Å². The molecular formula is C16H27NO5. The van der Waals surface area contributed by atoms with Gasteiger partial charge in [-0.25, -0.2) is 14.5 Å². The summed E-state index contributed by atoms with van der Waals surface area (Å²) in [5, 5.41) is 9.14. The maximum absolute atomic E-state index is 12.1. The maximum Gasteiger partial charge on any atom is 0.420 e. The lowest BCUT2D eigenvalue weighted by Gasteiger charge is -2.27. The van der Waals surface area contributed by atoms with Gasteiger partial charge in [0.15, 0.2) is 0 Å². The molecular weight excluding hydrogens is 286 g/mol. The van der Waals surface area contributed by atoms with Crippen LogP contribution in [0.15, 0.2) is 0 Å². The van der Waals surface area contributed by atoms with Gasteiger partial charge >= 0.3 is 12.2 Å². The van der Waals surface area contributed by atoms with Gasteiger partial charge in [0, 0.05) is 6.42 Å². The van der Waals surface area contributed by atoms with Gasteiger partial charge < -0.3 is 14.6 Å². The molecule has 0 aliphatic carbocycles. The lowest BCUT2D eigenvalue weighted by Crippen LogP contribution is -2.43. The lowest BCUT2D eigenvalue weighted by atomic mass is 10.2. The highest BCUT2D eigenvalue weighted by atomic mass is 16.6. The topological polar surface area (TPSA) is 76.1 Å². The Kier molecular flexibility index (Phi) is 7.41. The molecule has 0 bridgehead atoms. The van der Waals surface area contributed by atoms with Gasteiger partial charge in [-0.2, -0.15) is 0 Å². The summed E-state index contributed by atoms with van der Waals surface area (Å²) in [7, 11) is 0. The molecule has 0 aliphatic rings. The van der Waals surface area contributed by atoms with Crippen LogP contribution < -0.4 is 0 Å². The number of hydrogen-bond acceptors (Lipinski definition) is 5. The summed E-state index contributed by atoms with van der Waals surface area (Å²) in [6.45, 7) is 11.7. The van der Waals surface area contributed by atoms with E-state index < -0.39 is 29.5 Å². The van der Waals surface area contributed by atoms with Crippen molar-refractivity contribution >= 4 is 12.2 Å². The molecule has 0 saturated heterocycles. The van der Waals surface area contributed by atoms with Crippen LogP contribution in [-0.2, 0) is 9.47 Å². The predicted octanol–water partition coefficient (Wildman–Crippen LogP) is 2.93. The Bertz CT molecular complexity index is 418. The molecule has 2 amide bonds. The van der Waals surface area contributed by atoms with E-state index in [4.69, 9.17) is 14.6 Å². The van der Waals surface area contributed by atoms with Gasteiger partial charge in [0.25, 0.3) is 0 Å². The minimum atomic E-state index is -0.812. The number of aliphatic hydroxyl groups is 1. The molecule has 126 valence electrons. The number of rotatable bonds is 2. The second-order valence-electron chi connectivity index (χ2n) is 6.95. The van der Waals surface area contributed by atoms with Gasteiger partial charge in [-0.3, -0.25) is 0 Å². The van der Waals surface area contributed by atoms with Crippen LogP contribution in [0.2, 0.25) is 0 Å². The highest BCUT2D eigenvalue weighted by molar-refractivity contribution is 5.88. The van der Waals surface area contributed by atoms with Gasteiger partial charge in [0.2, 0.25) is 0 Å². The third-order valence-corrected chi connectivity index (χ3v) is 1.99. The molecule has 0 saturated carbocycles. The van der Waals surface area contributed by atoms with Crippen LogP contribution in [0.3, 0.4) is 0 Å². The zero-order valence-corrected chi connectivity index (χ0v) is 14.5. The van der Waals surface area contributed by atoms with Gasteiger partial charge in [-0.15, -0.1) is 0 Å². The summed E-state index contributed by atoms with van der Waals surface area (Å²) in [5.74, 6) is 5.36. The van der Waals surface area contributed by atoms with Crippen LogP contribution in [0.4, 0.5) is 9.59 Å². The highest BCUT2D eigenvalue weighted by Crippen LogP contribution is 2.14. The molecule has 0 aromatic carbocycles. The number of carbonyl (C=O) groups excluding carboxylic acids is 2. The third-order valence-electron chi connectivity index (χ3n) is 1.99. The SMILES string of the molecule is C[C@@H](O)CC#CCN(C(=O)OC(C)(C)C)C(=O)OC(C)(C)C. The van der Waals surface area contributed by atoms with Crippen molar-refractivity contribution in [3.63, 3.8) is 0 Å². The van der Waals surface area contributed by atoms with E-state index in [9.17, 15) is 9.59 Å². The first-order valence-corrected chi connectivity index (χ1v) is 7.19. The number of carbonyl (C=O) groups is 2. The lowest BCUT2D eigenvalue weighted by molar-refractivity contribution is 0.00412. The van der Waals surface area contributed by atoms with Crippen LogP contribution in [0.5, 0.6) is 0 Å². The monoisotopic (exact) mass is 313 g/mol. The zero-order chi connectivity index (χ0) is 17.6. The van der Waals surface area contributed by atoms with Gasteiger partial charge in [-0.05, 0) is 48.5 Å². The molecule has 6 heteroatoms. The first-order chi connectivity index (χ1) is 9.82. The molecule has 1 N–H and O–H groups in total. The first-order valence-electron chi connectivity index (χ1n) is 7.19. The Labute approximate surface area is 132 Å². The van der Waals surface area contributed by atoms with Crippen molar-refractivity contribution in [2.45, 2.75) is 72.2 Å². The summed E-state index contributed by atoms with van der Waals surface area (Å²) in [5.41, 5.74) is -1.46. The predicted molar refractivity (Wildman–Crippen MR) is 83.2 cm³/mol. The van der Waals surface area contributed by atoms with E-state index >= 15 is 0 Å². The van der Waals surface area contributed by atoms with E-state index in [-0.39, 0.29) is 13.0 Å². The van der Waals surface area contributed by atoms with Crippen molar-refractivity contribution in [1.82, 2.24) is 4.90 Å². The molecule has 0 fully saturated rings. The van der Waals surface area contributed by atoms with Crippen molar-refractivity contribution in [3.05, 3.63) is 0 Å². The number of amides is 2. The van der Waals surface area contributed by atoms with Crippen molar-refractivity contribution < 1.29 is 24.2 Å². The van der Waals surface area contributed by atoms with Crippen molar-refractivity contribution in [3.8, 4) is 11.8 Å². The molecule has 0 radical (unpaired) electrons. The summed E-state index contributed by atoms with van der Waals surface area (Å²) < 4.78 is 10.4. The van der Waals surface area contributed by atoms with Gasteiger partial charge in [-0.1, -0.05) is 11.8 Å². The number of hydrogen-bond donors (Lipinski definition) is 1. The molecule has 0 aromatic heterocycles. The molecule has 0 rings (SSSR count). The Hall–Kier alpha value is -1.74. The highest BCUT2D eigenvalue weighted by Gasteiger charge is 2.30. The average molecular weight is 313 g/mol. The summed E-state index contributed by atoms with van der Waals surface area (Å²) in [4.78, 5) is 25.0. The molecule has 6 nitrogen and oxygen atoms in total. The minimum absolute atomic E-state index is 0.156. The molecule has 0 spiro atoms. The summed E-state index contributed by atoms with van der Waals surface area (Å²) >= 11 is 0. The van der Waals surface area contributed by atoms with Crippen molar-refractivity contribution in [1.29, 1.82) is 0 Å². The molecule has 0 aliphatic heterocycles. The summed E-state index contributed by atoms with van der Waals surface area (Å²) in [6, 6.07) is 0. The number of aliphatic hydroxyl groups excluding tert-OH is 1. The minimum Gasteiger partial charge on any atom is -0.443 e. The van der Waals surface area contributed by atoms with E-state index in [0.29, 0.717) is 0 Å². The average Bonchev–Trinajstić information content (AvgIpc) is 2.22. The van der Waals surface area contributed by atoms with Crippen LogP contribution in [0.1, 0.15) is 54.9 Å². The Morgan fingerprint density at radius 3 is 1.73 bits per heavy atom. The summed E-state index contributed by atoms with van der Waals surface area (Å²) in [6.07, 6.45) is -1.93. The normalized spacial score (nSPS) is 12.7. The smallest absolute Gasteiger partial charge is 0.420 e. The second kappa shape index (κ2) is 8.04. The Balaban J connectivity index is 5.01. The van der Waals surface area contributed by atoms with E-state index in [0.717, 1.165) is 4.90 Å². The van der Waals surface area contributed by atoms with E-state index in [1.54, 1.807) is 48.5 Å². The number of ether oxygens (including phenoxy) is 2. The first kappa shape index (κ1) is 20.3. The number of nitrogens with zero attached hydrogens (tertiary/aromatic N) is 1. The fourth-order valence-corrected chi connectivity index (χ4v) is 1.19. The Morgan fingerprint density at radius 1 is 1.00 bits per heavy atom. The number of imide groups is 1. The Morgan fingerprint density at radius 2 is 1.41 bits per heavy atom. The maximum atomic E-state index is 12.1. The van der Waals surface area contributed by atoms with Crippen LogP contribution >= 0.6 is 0 Å². The van der Waals surface area contributed by atoms with E-state index in [1.807, 2.05) is 0 Å². The second-order valence-corrected chi connectivity index (χ2v) is 6.95. The molecule has 0 heterocycles. The molecule has 0 aromatic rings. The molecule has 1 atom stereocenters. The van der Waals surface area contributed by atoms with E-state index in [1.165, 1.54) is 0 Å². The van der Waals surface area contributed by atoms with E-state index in [2.05, 4.69) is 11.8 Å². The van der Waals surface area contributed by atoms with Crippen LogP contribution in [-0.4, -0.2) is 46.0 Å². The largest absolute Gasteiger partial charge is 0.443 e. The quantitative estimate of drug-likeness (QED) is 0.793. The molecule has 0 unspecified atom stereocenters. The van der Waals surface area contributed by atoms with Gasteiger partial charge in [0.05, 0.1) is 12.6 Å². The third kappa shape index (κ3) is 10.1. The fourth-order valence-electron chi connectivity index (χ4n) is 1.19. The fraction of sp³-hybridized carbons (Fsp3) is 0.750. The van der Waals surface area contributed by atoms with Gasteiger partial charge in [0.1, 0.15) is 11.2 Å². The van der Waals surface area contributed by atoms with Crippen molar-refractivity contribution in [2.24, 2.45) is 0 Å². The van der Waals surface area contributed by atoms with Crippen molar-refractivity contribution in [2.75, 3.05) is 6.54 Å². The molecule has 22 heavy (non-hydrogen) atoms. The standard InChI is InChI=1S/C16H27NO5/c1-12(18)10-8-9-11-17(13(19)21-15(2,3)4)14(20)22-16(5,6)7/h12,18H,10-11H2,1-7H3/t12-/m1/s1. The van der Waals surface area contributed by atoms with Crippen LogP contribution in [0, 0.1) is 11.8 Å². The zero-order valence-electron chi connectivity index (χ0n) is 14.5.